The summed E-state index contributed by atoms with van der Waals surface area (Å²) >= 11 is 1.33. The summed E-state index contributed by atoms with van der Waals surface area (Å²) < 4.78 is 25.7. The zero-order valence-electron chi connectivity index (χ0n) is 14.3. The Morgan fingerprint density at radius 2 is 2.04 bits per heavy atom. The summed E-state index contributed by atoms with van der Waals surface area (Å²) in [7, 11) is -3.21. The van der Waals surface area contributed by atoms with Gasteiger partial charge in [-0.15, -0.1) is 11.3 Å². The number of carbonyl (C=O) groups excluding carboxylic acids is 1. The summed E-state index contributed by atoms with van der Waals surface area (Å²) in [6, 6.07) is 9.47. The molecular formula is C18H17N3O3S2. The van der Waals surface area contributed by atoms with E-state index in [0.29, 0.717) is 22.0 Å². The Morgan fingerprint density at radius 1 is 1.23 bits per heavy atom. The van der Waals surface area contributed by atoms with Crippen molar-refractivity contribution in [3.05, 3.63) is 63.0 Å². The van der Waals surface area contributed by atoms with Crippen LogP contribution in [0.1, 0.15) is 32.1 Å². The van der Waals surface area contributed by atoms with Crippen LogP contribution in [0.5, 0.6) is 0 Å². The molecule has 0 atom stereocenters. The number of carbonyl (C=O) groups is 1. The first-order valence-electron chi connectivity index (χ1n) is 8.08. The summed E-state index contributed by atoms with van der Waals surface area (Å²) in [5.41, 5.74) is 4.03. The molecule has 1 aromatic carbocycles. The minimum atomic E-state index is -3.21. The molecule has 0 radical (unpaired) electrons. The van der Waals surface area contributed by atoms with Crippen LogP contribution in [0.4, 0.5) is 5.82 Å². The number of sulfone groups is 1. The highest BCUT2D eigenvalue weighted by Crippen LogP contribution is 2.34. The highest BCUT2D eigenvalue weighted by molar-refractivity contribution is 7.90. The molecule has 134 valence electrons. The normalized spacial score (nSPS) is 15.0. The largest absolute Gasteiger partial charge is 0.305 e. The molecule has 0 spiro atoms. The fraction of sp³-hybridized carbons (Fsp3) is 0.222. The van der Waals surface area contributed by atoms with E-state index in [4.69, 9.17) is 0 Å². The maximum absolute atomic E-state index is 12.6. The summed E-state index contributed by atoms with van der Waals surface area (Å²) in [6.07, 6.45) is 0. The standard InChI is InChI=1S/C18H17N3O3S2/c1-11-5-6-15(12(2)8-11)21-17(19-18(22)16-4-3-7-25-16)13-9-26(23,24)10-14(13)20-21/h3-8H,9-10H2,1-2H3,(H,19,22). The van der Waals surface area contributed by atoms with Crippen LogP contribution in [0.2, 0.25) is 0 Å². The van der Waals surface area contributed by atoms with E-state index in [1.54, 1.807) is 16.8 Å². The first-order chi connectivity index (χ1) is 12.3. The third-order valence-corrected chi connectivity index (χ3v) is 6.66. The smallest absolute Gasteiger partial charge is 0.266 e. The van der Waals surface area contributed by atoms with Gasteiger partial charge in [0.1, 0.15) is 5.82 Å². The number of anilines is 1. The molecule has 2 aromatic heterocycles. The molecule has 0 saturated carbocycles. The third kappa shape index (κ3) is 2.95. The molecule has 0 bridgehead atoms. The number of aromatic nitrogens is 2. The van der Waals surface area contributed by atoms with Crippen LogP contribution in [0, 0.1) is 13.8 Å². The number of benzene rings is 1. The Bertz CT molecular complexity index is 1110. The lowest BCUT2D eigenvalue weighted by Gasteiger charge is -2.13. The first-order valence-corrected chi connectivity index (χ1v) is 10.8. The Balaban J connectivity index is 1.83. The lowest BCUT2D eigenvalue weighted by molar-refractivity contribution is 0.102. The molecule has 6 nitrogen and oxygen atoms in total. The van der Waals surface area contributed by atoms with E-state index in [2.05, 4.69) is 10.4 Å². The fourth-order valence-corrected chi connectivity index (χ4v) is 5.28. The van der Waals surface area contributed by atoms with E-state index in [1.807, 2.05) is 37.4 Å². The van der Waals surface area contributed by atoms with Gasteiger partial charge in [-0.1, -0.05) is 23.8 Å². The molecule has 26 heavy (non-hydrogen) atoms. The van der Waals surface area contributed by atoms with E-state index >= 15 is 0 Å². The molecule has 1 aliphatic rings. The number of nitrogens with one attached hydrogen (secondary N) is 1. The van der Waals surface area contributed by atoms with E-state index in [9.17, 15) is 13.2 Å². The lowest BCUT2D eigenvalue weighted by atomic mass is 10.1. The highest BCUT2D eigenvalue weighted by atomic mass is 32.2. The monoisotopic (exact) mass is 387 g/mol. The van der Waals surface area contributed by atoms with Crippen molar-refractivity contribution in [3.63, 3.8) is 0 Å². The molecule has 1 amide bonds. The van der Waals surface area contributed by atoms with Gasteiger partial charge in [-0.25, -0.2) is 13.1 Å². The summed E-state index contributed by atoms with van der Waals surface area (Å²) in [5, 5.41) is 9.21. The van der Waals surface area contributed by atoms with Gasteiger partial charge in [0.2, 0.25) is 0 Å². The summed E-state index contributed by atoms with van der Waals surface area (Å²) in [5.74, 6) is -0.0282. The fourth-order valence-electron chi connectivity index (χ4n) is 3.17. The third-order valence-electron chi connectivity index (χ3n) is 4.34. The Hall–Kier alpha value is -2.45. The van der Waals surface area contributed by atoms with Crippen molar-refractivity contribution < 1.29 is 13.2 Å². The quantitative estimate of drug-likeness (QED) is 0.748. The van der Waals surface area contributed by atoms with Gasteiger partial charge in [-0.2, -0.15) is 5.10 Å². The zero-order valence-corrected chi connectivity index (χ0v) is 15.9. The van der Waals surface area contributed by atoms with Crippen LogP contribution in [0.3, 0.4) is 0 Å². The van der Waals surface area contributed by atoms with Crippen molar-refractivity contribution in [1.82, 2.24) is 9.78 Å². The number of thiophene rings is 1. The summed E-state index contributed by atoms with van der Waals surface area (Å²) in [4.78, 5) is 13.1. The second kappa shape index (κ2) is 6.07. The van der Waals surface area contributed by atoms with Crippen molar-refractivity contribution in [3.8, 4) is 5.69 Å². The van der Waals surface area contributed by atoms with Crippen molar-refractivity contribution in [2.75, 3.05) is 5.32 Å². The molecule has 0 saturated heterocycles. The van der Waals surface area contributed by atoms with Crippen LogP contribution in [0.25, 0.3) is 5.69 Å². The molecule has 0 aliphatic carbocycles. The predicted molar refractivity (Wildman–Crippen MR) is 102 cm³/mol. The van der Waals surface area contributed by atoms with E-state index in [1.165, 1.54) is 11.3 Å². The van der Waals surface area contributed by atoms with Gasteiger partial charge in [0, 0.05) is 5.56 Å². The molecule has 4 rings (SSSR count). The molecule has 8 heteroatoms. The van der Waals surface area contributed by atoms with Crippen LogP contribution in [0.15, 0.2) is 35.7 Å². The van der Waals surface area contributed by atoms with Crippen LogP contribution >= 0.6 is 11.3 Å². The van der Waals surface area contributed by atoms with Gasteiger partial charge >= 0.3 is 0 Å². The van der Waals surface area contributed by atoms with E-state index < -0.39 is 9.84 Å². The molecule has 3 heterocycles. The van der Waals surface area contributed by atoms with Crippen molar-refractivity contribution in [2.24, 2.45) is 0 Å². The van der Waals surface area contributed by atoms with Gasteiger partial charge in [0.25, 0.3) is 5.91 Å². The second-order valence-electron chi connectivity index (χ2n) is 6.44. The number of aryl methyl sites for hydroxylation is 2. The molecule has 3 aromatic rings. The molecule has 1 N–H and O–H groups in total. The average molecular weight is 387 g/mol. The molecule has 0 fully saturated rings. The Labute approximate surface area is 155 Å². The molecular weight excluding hydrogens is 370 g/mol. The maximum Gasteiger partial charge on any atom is 0.266 e. The lowest BCUT2D eigenvalue weighted by Crippen LogP contribution is -2.16. The number of hydrogen-bond donors (Lipinski definition) is 1. The number of nitrogens with zero attached hydrogens (tertiary/aromatic N) is 2. The summed E-state index contributed by atoms with van der Waals surface area (Å²) in [6.45, 7) is 3.97. The van der Waals surface area contributed by atoms with E-state index in [0.717, 1.165) is 16.8 Å². The minimum absolute atomic E-state index is 0.0951. The van der Waals surface area contributed by atoms with E-state index in [-0.39, 0.29) is 17.4 Å². The highest BCUT2D eigenvalue weighted by Gasteiger charge is 2.33. The van der Waals surface area contributed by atoms with Crippen molar-refractivity contribution in [2.45, 2.75) is 25.4 Å². The van der Waals surface area contributed by atoms with Gasteiger partial charge in [-0.05, 0) is 36.9 Å². The second-order valence-corrected chi connectivity index (χ2v) is 9.45. The number of rotatable bonds is 3. The topological polar surface area (TPSA) is 81.1 Å². The van der Waals surface area contributed by atoms with Gasteiger partial charge in [-0.3, -0.25) is 4.79 Å². The average Bonchev–Trinajstić information content (AvgIpc) is 3.24. The van der Waals surface area contributed by atoms with Gasteiger partial charge in [0.15, 0.2) is 9.84 Å². The zero-order chi connectivity index (χ0) is 18.5. The van der Waals surface area contributed by atoms with Gasteiger partial charge < -0.3 is 5.32 Å². The SMILES string of the molecule is Cc1ccc(-n2nc3c(c2NC(=O)c2cccs2)CS(=O)(=O)C3)c(C)c1. The number of amides is 1. The maximum atomic E-state index is 12.6. The van der Waals surface area contributed by atoms with Crippen LogP contribution in [-0.4, -0.2) is 24.1 Å². The van der Waals surface area contributed by atoms with Crippen LogP contribution < -0.4 is 5.32 Å². The minimum Gasteiger partial charge on any atom is -0.305 e. The predicted octanol–water partition coefficient (Wildman–Crippen LogP) is 3.23. The van der Waals surface area contributed by atoms with Gasteiger partial charge in [0.05, 0.1) is 27.8 Å². The van der Waals surface area contributed by atoms with Crippen molar-refractivity contribution >= 4 is 32.9 Å². The Kier molecular flexibility index (Phi) is 3.96. The Morgan fingerprint density at radius 3 is 2.73 bits per heavy atom. The number of hydrogen-bond acceptors (Lipinski definition) is 5. The van der Waals surface area contributed by atoms with Crippen molar-refractivity contribution in [1.29, 1.82) is 0 Å². The first kappa shape index (κ1) is 17.0. The molecule has 1 aliphatic heterocycles. The molecule has 0 unspecified atom stereocenters. The van der Waals surface area contributed by atoms with Crippen LogP contribution in [-0.2, 0) is 21.3 Å². The number of fused-ring (bicyclic) bond motifs is 1.